The number of hydrogen-bond acceptors (Lipinski definition) is 2. The lowest BCUT2D eigenvalue weighted by Gasteiger charge is -2.42. The summed E-state index contributed by atoms with van der Waals surface area (Å²) in [5, 5.41) is 10.1. The van der Waals surface area contributed by atoms with Crippen LogP contribution in [0.5, 0.6) is 0 Å². The van der Waals surface area contributed by atoms with Crippen LogP contribution in [0.25, 0.3) is 0 Å². The summed E-state index contributed by atoms with van der Waals surface area (Å²) in [5.74, 6) is 0. The molecular formula is C22H29NO. The number of hydrogen-bond donors (Lipinski definition) is 1. The Morgan fingerprint density at radius 3 is 2.50 bits per heavy atom. The monoisotopic (exact) mass is 323 g/mol. The summed E-state index contributed by atoms with van der Waals surface area (Å²) in [4.78, 5) is 2.52. The van der Waals surface area contributed by atoms with E-state index < -0.39 is 0 Å². The van der Waals surface area contributed by atoms with Gasteiger partial charge in [0.2, 0.25) is 0 Å². The van der Waals surface area contributed by atoms with E-state index in [4.69, 9.17) is 0 Å². The first-order valence-electron chi connectivity index (χ1n) is 9.03. The largest absolute Gasteiger partial charge is 0.396 e. The summed E-state index contributed by atoms with van der Waals surface area (Å²) in [6.07, 6.45) is 3.24. The molecule has 128 valence electrons. The van der Waals surface area contributed by atoms with E-state index in [2.05, 4.69) is 67.3 Å². The van der Waals surface area contributed by atoms with Gasteiger partial charge in [0.15, 0.2) is 0 Å². The Morgan fingerprint density at radius 1 is 1.00 bits per heavy atom. The zero-order valence-electron chi connectivity index (χ0n) is 15.0. The molecule has 0 radical (unpaired) electrons. The third-order valence-electron chi connectivity index (χ3n) is 5.48. The molecule has 2 aromatic rings. The Labute approximate surface area is 146 Å². The van der Waals surface area contributed by atoms with E-state index >= 15 is 0 Å². The number of aryl methyl sites for hydroxylation is 2. The number of aliphatic hydroxyl groups excluding tert-OH is 1. The van der Waals surface area contributed by atoms with Gasteiger partial charge in [0.25, 0.3) is 0 Å². The fraction of sp³-hybridized carbons (Fsp3) is 0.455. The number of nitrogens with zero attached hydrogens (tertiary/aromatic N) is 1. The van der Waals surface area contributed by atoms with Crippen LogP contribution >= 0.6 is 0 Å². The quantitative estimate of drug-likeness (QED) is 0.894. The fourth-order valence-electron chi connectivity index (χ4n) is 3.96. The molecule has 1 fully saturated rings. The Kier molecular flexibility index (Phi) is 5.37. The molecular weight excluding hydrogens is 294 g/mol. The normalized spacial score (nSPS) is 21.8. The van der Waals surface area contributed by atoms with Crippen molar-refractivity contribution in [3.8, 4) is 0 Å². The van der Waals surface area contributed by atoms with Crippen LogP contribution in [-0.4, -0.2) is 29.7 Å². The lowest BCUT2D eigenvalue weighted by Crippen LogP contribution is -2.46. The predicted molar refractivity (Wildman–Crippen MR) is 100 cm³/mol. The van der Waals surface area contributed by atoms with Crippen molar-refractivity contribution in [2.75, 3.05) is 19.7 Å². The van der Waals surface area contributed by atoms with Crippen LogP contribution in [0.2, 0.25) is 0 Å². The molecule has 0 unspecified atom stereocenters. The maximum Gasteiger partial charge on any atom is 0.0502 e. The van der Waals surface area contributed by atoms with E-state index in [1.54, 1.807) is 0 Å². The lowest BCUT2D eigenvalue weighted by atomic mass is 9.75. The Balaban J connectivity index is 1.70. The van der Waals surface area contributed by atoms with Gasteiger partial charge in [-0.15, -0.1) is 0 Å². The van der Waals surface area contributed by atoms with Gasteiger partial charge in [0.1, 0.15) is 0 Å². The van der Waals surface area contributed by atoms with Crippen LogP contribution in [0.4, 0.5) is 0 Å². The van der Waals surface area contributed by atoms with Crippen molar-refractivity contribution in [3.05, 3.63) is 70.8 Å². The molecule has 0 amide bonds. The molecule has 0 bridgehead atoms. The van der Waals surface area contributed by atoms with Gasteiger partial charge in [0, 0.05) is 18.5 Å². The predicted octanol–water partition coefficient (Wildman–Crippen LogP) is 4.12. The van der Waals surface area contributed by atoms with Crippen molar-refractivity contribution in [1.82, 2.24) is 4.90 Å². The topological polar surface area (TPSA) is 23.5 Å². The van der Waals surface area contributed by atoms with Crippen molar-refractivity contribution in [1.29, 1.82) is 0 Å². The second kappa shape index (κ2) is 7.50. The molecule has 1 atom stereocenters. The minimum absolute atomic E-state index is 0.000650. The van der Waals surface area contributed by atoms with Crippen molar-refractivity contribution < 1.29 is 5.11 Å². The molecule has 1 N–H and O–H groups in total. The Hall–Kier alpha value is -1.64. The molecule has 3 rings (SSSR count). The van der Waals surface area contributed by atoms with Crippen LogP contribution < -0.4 is 0 Å². The van der Waals surface area contributed by atoms with Gasteiger partial charge in [-0.2, -0.15) is 0 Å². The van der Waals surface area contributed by atoms with Crippen molar-refractivity contribution in [2.24, 2.45) is 5.41 Å². The zero-order chi connectivity index (χ0) is 17.0. The van der Waals surface area contributed by atoms with Crippen LogP contribution in [0.1, 0.15) is 35.1 Å². The lowest BCUT2D eigenvalue weighted by molar-refractivity contribution is 0.0288. The first-order valence-corrected chi connectivity index (χ1v) is 9.03. The zero-order valence-corrected chi connectivity index (χ0v) is 15.0. The number of piperidine rings is 1. The third kappa shape index (κ3) is 4.06. The Bertz CT molecular complexity index is 667. The highest BCUT2D eigenvalue weighted by Gasteiger charge is 2.35. The first kappa shape index (κ1) is 17.2. The smallest absolute Gasteiger partial charge is 0.0502 e. The summed E-state index contributed by atoms with van der Waals surface area (Å²) in [5.41, 5.74) is 5.43. The van der Waals surface area contributed by atoms with Crippen LogP contribution in [0, 0.1) is 19.3 Å². The summed E-state index contributed by atoms with van der Waals surface area (Å²) >= 11 is 0. The summed E-state index contributed by atoms with van der Waals surface area (Å²) in [6, 6.07) is 17.4. The SMILES string of the molecule is Cc1ccc(CN2CCC[C@](CO)(Cc3ccccc3)C2)cc1C. The van der Waals surface area contributed by atoms with Gasteiger partial charge in [-0.05, 0) is 61.9 Å². The average molecular weight is 323 g/mol. The van der Waals surface area contributed by atoms with Crippen LogP contribution in [0.3, 0.4) is 0 Å². The second-order valence-electron chi connectivity index (χ2n) is 7.55. The Morgan fingerprint density at radius 2 is 1.79 bits per heavy atom. The number of rotatable bonds is 5. The molecule has 1 saturated heterocycles. The molecule has 1 heterocycles. The van der Waals surface area contributed by atoms with Gasteiger partial charge in [-0.3, -0.25) is 4.90 Å². The molecule has 0 aromatic heterocycles. The summed E-state index contributed by atoms with van der Waals surface area (Å²) in [7, 11) is 0. The van der Waals surface area contributed by atoms with Gasteiger partial charge in [-0.1, -0.05) is 48.5 Å². The maximum absolute atomic E-state index is 10.1. The van der Waals surface area contributed by atoms with E-state index in [-0.39, 0.29) is 12.0 Å². The molecule has 1 aliphatic rings. The summed E-state index contributed by atoms with van der Waals surface area (Å²) < 4.78 is 0. The van der Waals surface area contributed by atoms with Gasteiger partial charge in [0.05, 0.1) is 6.61 Å². The van der Waals surface area contributed by atoms with Gasteiger partial charge < -0.3 is 5.11 Å². The van der Waals surface area contributed by atoms with E-state index in [9.17, 15) is 5.11 Å². The maximum atomic E-state index is 10.1. The van der Waals surface area contributed by atoms with E-state index in [1.807, 2.05) is 0 Å². The number of aliphatic hydroxyl groups is 1. The van der Waals surface area contributed by atoms with Crippen molar-refractivity contribution >= 4 is 0 Å². The van der Waals surface area contributed by atoms with Crippen LogP contribution in [0.15, 0.2) is 48.5 Å². The van der Waals surface area contributed by atoms with E-state index in [0.29, 0.717) is 0 Å². The van der Waals surface area contributed by atoms with Crippen molar-refractivity contribution in [2.45, 2.75) is 39.7 Å². The molecule has 2 heteroatoms. The highest BCUT2D eigenvalue weighted by Crippen LogP contribution is 2.34. The highest BCUT2D eigenvalue weighted by molar-refractivity contribution is 5.30. The standard InChI is InChI=1S/C22H29NO/c1-18-9-10-21(13-19(18)2)15-23-12-6-11-22(16-23,17-24)14-20-7-4-3-5-8-20/h3-5,7-10,13,24H,6,11-12,14-17H2,1-2H3/t22-/m0/s1. The second-order valence-corrected chi connectivity index (χ2v) is 7.55. The molecule has 1 aliphatic heterocycles. The number of benzene rings is 2. The van der Waals surface area contributed by atoms with E-state index in [1.165, 1.54) is 22.3 Å². The highest BCUT2D eigenvalue weighted by atomic mass is 16.3. The molecule has 2 aromatic carbocycles. The number of likely N-dealkylation sites (tertiary alicyclic amines) is 1. The van der Waals surface area contributed by atoms with Gasteiger partial charge in [-0.25, -0.2) is 0 Å². The fourth-order valence-corrected chi connectivity index (χ4v) is 3.96. The van der Waals surface area contributed by atoms with Crippen LogP contribution in [-0.2, 0) is 13.0 Å². The minimum atomic E-state index is -0.000650. The first-order chi connectivity index (χ1) is 11.6. The van der Waals surface area contributed by atoms with Gasteiger partial charge >= 0.3 is 0 Å². The molecule has 0 aliphatic carbocycles. The third-order valence-corrected chi connectivity index (χ3v) is 5.48. The summed E-state index contributed by atoms with van der Waals surface area (Å²) in [6.45, 7) is 7.71. The molecule has 2 nitrogen and oxygen atoms in total. The molecule has 0 spiro atoms. The van der Waals surface area contributed by atoms with Crippen molar-refractivity contribution in [3.63, 3.8) is 0 Å². The van der Waals surface area contributed by atoms with E-state index in [0.717, 1.165) is 38.9 Å². The molecule has 24 heavy (non-hydrogen) atoms. The molecule has 0 saturated carbocycles. The minimum Gasteiger partial charge on any atom is -0.396 e. The average Bonchev–Trinajstić information content (AvgIpc) is 2.59.